The number of hydrogen-bond acceptors (Lipinski definition) is 3. The van der Waals surface area contributed by atoms with Gasteiger partial charge in [-0.15, -0.1) is 0 Å². The summed E-state index contributed by atoms with van der Waals surface area (Å²) in [7, 11) is 0. The molecule has 4 heteroatoms. The zero-order valence-electron chi connectivity index (χ0n) is 14.8. The number of carbonyl (C=O) groups is 1. The summed E-state index contributed by atoms with van der Waals surface area (Å²) in [5.41, 5.74) is 2.12. The van der Waals surface area contributed by atoms with Crippen molar-refractivity contribution in [3.63, 3.8) is 0 Å². The van der Waals surface area contributed by atoms with Crippen LogP contribution in [-0.2, 0) is 11.3 Å². The van der Waals surface area contributed by atoms with E-state index in [-0.39, 0.29) is 11.9 Å². The Balaban J connectivity index is 1.59. The molecular weight excluding hydrogens is 322 g/mol. The van der Waals surface area contributed by atoms with Crippen LogP contribution in [0.25, 0.3) is 10.8 Å². The number of fused-ring (bicyclic) bond motifs is 1. The number of amides is 1. The fraction of sp³-hybridized carbons (Fsp3) is 0.273. The molecule has 4 nitrogen and oxygen atoms in total. The topological polar surface area (TPSA) is 45.2 Å². The first-order valence-corrected chi connectivity index (χ1v) is 9.22. The summed E-state index contributed by atoms with van der Waals surface area (Å²) in [5, 5.41) is 5.79. The normalized spacial score (nSPS) is 15.3. The van der Waals surface area contributed by atoms with Gasteiger partial charge >= 0.3 is 0 Å². The molecule has 0 saturated carbocycles. The number of carbonyl (C=O) groups excluding carboxylic acids is 1. The van der Waals surface area contributed by atoms with Gasteiger partial charge in [-0.05, 0) is 29.4 Å². The van der Waals surface area contributed by atoms with Crippen LogP contribution >= 0.6 is 0 Å². The number of hydrogen-bond donors (Lipinski definition) is 1. The van der Waals surface area contributed by atoms with E-state index < -0.39 is 0 Å². The number of rotatable bonds is 5. The van der Waals surface area contributed by atoms with Gasteiger partial charge in [0.25, 0.3) is 0 Å². The first-order chi connectivity index (χ1) is 12.8. The summed E-state index contributed by atoms with van der Waals surface area (Å²) in [5.74, 6) is 0.168. The third-order valence-corrected chi connectivity index (χ3v) is 5.04. The quantitative estimate of drug-likeness (QED) is 0.767. The maximum Gasteiger partial charge on any atom is 0.244 e. The van der Waals surface area contributed by atoms with E-state index in [1.165, 1.54) is 5.39 Å². The Morgan fingerprint density at radius 1 is 1.00 bits per heavy atom. The molecule has 1 amide bonds. The Morgan fingerprint density at radius 2 is 1.73 bits per heavy atom. The molecule has 2 heterocycles. The van der Waals surface area contributed by atoms with Crippen molar-refractivity contribution in [1.82, 2.24) is 15.2 Å². The number of benzene rings is 2. The summed E-state index contributed by atoms with van der Waals surface area (Å²) in [6.45, 7) is 2.33. The van der Waals surface area contributed by atoms with Crippen molar-refractivity contribution in [3.05, 3.63) is 78.1 Å². The third-order valence-electron chi connectivity index (χ3n) is 5.04. The van der Waals surface area contributed by atoms with Gasteiger partial charge in [0.2, 0.25) is 5.91 Å². The predicted octanol–water partition coefficient (Wildman–Crippen LogP) is 3.69. The average molecular weight is 345 g/mol. The zero-order chi connectivity index (χ0) is 17.8. The molecular formula is C22H23N3O. The maximum absolute atomic E-state index is 13.1. The van der Waals surface area contributed by atoms with Crippen LogP contribution in [0.5, 0.6) is 0 Å². The molecule has 2 aromatic carbocycles. The highest BCUT2D eigenvalue weighted by Gasteiger charge is 2.27. The molecule has 0 spiro atoms. The maximum atomic E-state index is 13.1. The Kier molecular flexibility index (Phi) is 4.93. The van der Waals surface area contributed by atoms with Crippen molar-refractivity contribution >= 4 is 16.7 Å². The Morgan fingerprint density at radius 3 is 2.54 bits per heavy atom. The molecule has 1 unspecified atom stereocenters. The highest BCUT2D eigenvalue weighted by atomic mass is 16.2. The highest BCUT2D eigenvalue weighted by molar-refractivity contribution is 5.85. The van der Waals surface area contributed by atoms with Crippen molar-refractivity contribution in [3.8, 4) is 0 Å². The fourth-order valence-corrected chi connectivity index (χ4v) is 3.65. The van der Waals surface area contributed by atoms with Gasteiger partial charge in [-0.1, -0.05) is 54.6 Å². The van der Waals surface area contributed by atoms with Crippen LogP contribution in [0.2, 0.25) is 0 Å². The smallest absolute Gasteiger partial charge is 0.244 e. The van der Waals surface area contributed by atoms with Gasteiger partial charge in [-0.2, -0.15) is 0 Å². The minimum absolute atomic E-state index is 0.168. The zero-order valence-corrected chi connectivity index (χ0v) is 14.8. The van der Waals surface area contributed by atoms with Crippen molar-refractivity contribution in [1.29, 1.82) is 0 Å². The molecule has 1 fully saturated rings. The lowest BCUT2D eigenvalue weighted by Gasteiger charge is -2.24. The first-order valence-electron chi connectivity index (χ1n) is 9.22. The second-order valence-corrected chi connectivity index (χ2v) is 6.78. The molecule has 1 atom stereocenters. The standard InChI is InChI=1S/C22H23N3O/c26-22(25-12-6-7-13-25)21(17-8-2-1-3-9-17)24-16-19-15-23-14-18-10-4-5-11-20(18)19/h1-5,8-11,14-15,21,24H,6-7,12-13,16H2. The van der Waals surface area contributed by atoms with E-state index in [1.807, 2.05) is 59.8 Å². The minimum Gasteiger partial charge on any atom is -0.341 e. The number of aromatic nitrogens is 1. The van der Waals surface area contributed by atoms with Crippen LogP contribution in [0.3, 0.4) is 0 Å². The lowest BCUT2D eigenvalue weighted by Crippen LogP contribution is -2.39. The SMILES string of the molecule is O=C(C(NCc1cncc2ccccc12)c1ccccc1)N1CCCC1. The van der Waals surface area contributed by atoms with Crippen molar-refractivity contribution < 1.29 is 4.79 Å². The second-order valence-electron chi connectivity index (χ2n) is 6.78. The van der Waals surface area contributed by atoms with Crippen LogP contribution < -0.4 is 5.32 Å². The van der Waals surface area contributed by atoms with E-state index in [4.69, 9.17) is 0 Å². The molecule has 0 aliphatic carbocycles. The third kappa shape index (κ3) is 3.46. The Bertz CT molecular complexity index is 883. The van der Waals surface area contributed by atoms with Gasteiger partial charge in [0.1, 0.15) is 6.04 Å². The number of pyridine rings is 1. The number of nitrogens with one attached hydrogen (secondary N) is 1. The van der Waals surface area contributed by atoms with Crippen LogP contribution in [0.4, 0.5) is 0 Å². The molecule has 1 aliphatic heterocycles. The summed E-state index contributed by atoms with van der Waals surface area (Å²) < 4.78 is 0. The molecule has 3 aromatic rings. The largest absolute Gasteiger partial charge is 0.341 e. The predicted molar refractivity (Wildman–Crippen MR) is 104 cm³/mol. The van der Waals surface area contributed by atoms with E-state index in [0.717, 1.165) is 42.4 Å². The summed E-state index contributed by atoms with van der Waals surface area (Å²) in [6, 6.07) is 17.9. The number of nitrogens with zero attached hydrogens (tertiary/aromatic N) is 2. The van der Waals surface area contributed by atoms with Gasteiger partial charge < -0.3 is 4.90 Å². The van der Waals surface area contributed by atoms with E-state index in [2.05, 4.69) is 22.4 Å². The average Bonchev–Trinajstić information content (AvgIpc) is 3.24. The fourth-order valence-electron chi connectivity index (χ4n) is 3.65. The van der Waals surface area contributed by atoms with Gasteiger partial charge in [0.05, 0.1) is 0 Å². The van der Waals surface area contributed by atoms with Gasteiger partial charge in [0.15, 0.2) is 0 Å². The Labute approximate surface area is 153 Å². The molecule has 4 rings (SSSR count). The van der Waals surface area contributed by atoms with Crippen molar-refractivity contribution in [2.75, 3.05) is 13.1 Å². The van der Waals surface area contributed by atoms with Crippen LogP contribution in [0.1, 0.15) is 30.0 Å². The van der Waals surface area contributed by atoms with E-state index in [0.29, 0.717) is 6.54 Å². The monoisotopic (exact) mass is 345 g/mol. The van der Waals surface area contributed by atoms with Crippen molar-refractivity contribution in [2.45, 2.75) is 25.4 Å². The van der Waals surface area contributed by atoms with E-state index in [9.17, 15) is 4.79 Å². The lowest BCUT2D eigenvalue weighted by atomic mass is 10.0. The van der Waals surface area contributed by atoms with Crippen LogP contribution in [0.15, 0.2) is 67.0 Å². The Hall–Kier alpha value is -2.72. The van der Waals surface area contributed by atoms with Crippen LogP contribution in [-0.4, -0.2) is 28.9 Å². The molecule has 26 heavy (non-hydrogen) atoms. The van der Waals surface area contributed by atoms with Gasteiger partial charge in [-0.3, -0.25) is 15.1 Å². The molecule has 1 aliphatic rings. The van der Waals surface area contributed by atoms with E-state index >= 15 is 0 Å². The lowest BCUT2D eigenvalue weighted by molar-refractivity contribution is -0.132. The first kappa shape index (κ1) is 16.7. The molecule has 0 radical (unpaired) electrons. The summed E-state index contributed by atoms with van der Waals surface area (Å²) in [4.78, 5) is 19.4. The molecule has 1 N–H and O–H groups in total. The molecule has 1 saturated heterocycles. The molecule has 132 valence electrons. The second kappa shape index (κ2) is 7.67. The summed E-state index contributed by atoms with van der Waals surface area (Å²) in [6.07, 6.45) is 5.96. The highest BCUT2D eigenvalue weighted by Crippen LogP contribution is 2.22. The molecule has 1 aromatic heterocycles. The van der Waals surface area contributed by atoms with Gasteiger partial charge in [0, 0.05) is 37.4 Å². The summed E-state index contributed by atoms with van der Waals surface area (Å²) >= 11 is 0. The minimum atomic E-state index is -0.326. The van der Waals surface area contributed by atoms with E-state index in [1.54, 1.807) is 0 Å². The van der Waals surface area contributed by atoms with Gasteiger partial charge in [-0.25, -0.2) is 0 Å². The van der Waals surface area contributed by atoms with Crippen LogP contribution in [0, 0.1) is 0 Å². The molecule has 0 bridgehead atoms. The number of likely N-dealkylation sites (tertiary alicyclic amines) is 1. The van der Waals surface area contributed by atoms with Crippen molar-refractivity contribution in [2.24, 2.45) is 0 Å².